The zero-order valence-electron chi connectivity index (χ0n) is 12.9. The smallest absolute Gasteiger partial charge is 0.338 e. The van der Waals surface area contributed by atoms with Crippen molar-refractivity contribution in [1.82, 2.24) is 0 Å². The standard InChI is InChI=1S/C16H22O4/c1-9(2)11-7-14(16(18)20-6)12(10(3)4)8-13(11)15(17)19-5/h7-10H,1-6H3. The van der Waals surface area contributed by atoms with Crippen LogP contribution < -0.4 is 0 Å². The minimum atomic E-state index is -0.382. The first-order valence-electron chi connectivity index (χ1n) is 6.67. The minimum Gasteiger partial charge on any atom is -0.465 e. The Kier molecular flexibility index (Phi) is 5.31. The summed E-state index contributed by atoms with van der Waals surface area (Å²) in [7, 11) is 2.71. The molecule has 0 heterocycles. The maximum atomic E-state index is 11.9. The van der Waals surface area contributed by atoms with Gasteiger partial charge >= 0.3 is 11.9 Å². The van der Waals surface area contributed by atoms with E-state index in [2.05, 4.69) is 0 Å². The number of carbonyl (C=O) groups is 2. The average Bonchev–Trinajstić information content (AvgIpc) is 2.43. The van der Waals surface area contributed by atoms with E-state index in [-0.39, 0.29) is 23.8 Å². The average molecular weight is 278 g/mol. The van der Waals surface area contributed by atoms with Crippen molar-refractivity contribution in [3.05, 3.63) is 34.4 Å². The Morgan fingerprint density at radius 1 is 0.800 bits per heavy atom. The van der Waals surface area contributed by atoms with Crippen LogP contribution in [0.5, 0.6) is 0 Å². The topological polar surface area (TPSA) is 52.6 Å². The molecule has 0 radical (unpaired) electrons. The van der Waals surface area contributed by atoms with Crippen LogP contribution in [0.3, 0.4) is 0 Å². The maximum absolute atomic E-state index is 11.9. The summed E-state index contributed by atoms with van der Waals surface area (Å²) in [6.07, 6.45) is 0. The lowest BCUT2D eigenvalue weighted by Crippen LogP contribution is -2.14. The van der Waals surface area contributed by atoms with Gasteiger partial charge in [0.2, 0.25) is 0 Å². The van der Waals surface area contributed by atoms with Gasteiger partial charge in [0, 0.05) is 0 Å². The molecule has 0 aliphatic rings. The van der Waals surface area contributed by atoms with Crippen molar-refractivity contribution in [1.29, 1.82) is 0 Å². The van der Waals surface area contributed by atoms with Crippen molar-refractivity contribution in [3.63, 3.8) is 0 Å². The van der Waals surface area contributed by atoms with E-state index < -0.39 is 0 Å². The van der Waals surface area contributed by atoms with Gasteiger partial charge in [0.15, 0.2) is 0 Å². The van der Waals surface area contributed by atoms with Gasteiger partial charge in [0.05, 0.1) is 25.3 Å². The lowest BCUT2D eigenvalue weighted by molar-refractivity contribution is 0.0584. The first-order chi connectivity index (χ1) is 9.33. The Morgan fingerprint density at radius 2 is 1.10 bits per heavy atom. The molecular formula is C16H22O4. The fourth-order valence-corrected chi connectivity index (χ4v) is 2.16. The molecular weight excluding hydrogens is 256 g/mol. The van der Waals surface area contributed by atoms with Gasteiger partial charge < -0.3 is 9.47 Å². The van der Waals surface area contributed by atoms with E-state index in [4.69, 9.17) is 9.47 Å². The third kappa shape index (κ3) is 3.18. The van der Waals surface area contributed by atoms with E-state index in [1.165, 1.54) is 14.2 Å². The zero-order chi connectivity index (χ0) is 15.4. The van der Waals surface area contributed by atoms with Crippen molar-refractivity contribution in [2.24, 2.45) is 0 Å². The largest absolute Gasteiger partial charge is 0.465 e. The van der Waals surface area contributed by atoms with Crippen LogP contribution in [0.25, 0.3) is 0 Å². The van der Waals surface area contributed by atoms with E-state index in [1.54, 1.807) is 12.1 Å². The number of esters is 2. The summed E-state index contributed by atoms with van der Waals surface area (Å²) < 4.78 is 9.67. The maximum Gasteiger partial charge on any atom is 0.338 e. The molecule has 0 atom stereocenters. The summed E-state index contributed by atoms with van der Waals surface area (Å²) in [5, 5.41) is 0. The molecule has 0 fully saturated rings. The van der Waals surface area contributed by atoms with E-state index in [0.717, 1.165) is 11.1 Å². The van der Waals surface area contributed by atoms with Crippen LogP contribution in [0.2, 0.25) is 0 Å². The molecule has 4 nitrogen and oxygen atoms in total. The van der Waals surface area contributed by atoms with E-state index in [1.807, 2.05) is 27.7 Å². The second-order valence-electron chi connectivity index (χ2n) is 5.32. The fraction of sp³-hybridized carbons (Fsp3) is 0.500. The highest BCUT2D eigenvalue weighted by Gasteiger charge is 2.22. The van der Waals surface area contributed by atoms with Crippen LogP contribution in [0.1, 0.15) is 71.4 Å². The number of carbonyl (C=O) groups excluding carboxylic acids is 2. The predicted octanol–water partition coefficient (Wildman–Crippen LogP) is 3.51. The van der Waals surface area contributed by atoms with E-state index >= 15 is 0 Å². The molecule has 0 saturated carbocycles. The van der Waals surface area contributed by atoms with Gasteiger partial charge in [-0.05, 0) is 35.1 Å². The first-order valence-corrected chi connectivity index (χ1v) is 6.67. The van der Waals surface area contributed by atoms with Gasteiger partial charge in [-0.3, -0.25) is 0 Å². The number of hydrogen-bond donors (Lipinski definition) is 0. The molecule has 0 aromatic heterocycles. The van der Waals surface area contributed by atoms with Crippen molar-refractivity contribution < 1.29 is 19.1 Å². The number of hydrogen-bond acceptors (Lipinski definition) is 4. The van der Waals surface area contributed by atoms with Crippen LogP contribution in [0.15, 0.2) is 12.1 Å². The highest BCUT2D eigenvalue weighted by atomic mass is 16.5. The zero-order valence-corrected chi connectivity index (χ0v) is 12.9. The van der Waals surface area contributed by atoms with Crippen LogP contribution in [0, 0.1) is 0 Å². The second kappa shape index (κ2) is 6.55. The lowest BCUT2D eigenvalue weighted by atomic mass is 9.88. The molecule has 0 spiro atoms. The summed E-state index contributed by atoms with van der Waals surface area (Å²) in [6.45, 7) is 7.88. The monoisotopic (exact) mass is 278 g/mol. The summed E-state index contributed by atoms with van der Waals surface area (Å²) in [5.74, 6) is -0.554. The molecule has 0 aliphatic carbocycles. The summed E-state index contributed by atoms with van der Waals surface area (Å²) in [6, 6.07) is 3.50. The molecule has 1 aromatic rings. The fourth-order valence-electron chi connectivity index (χ4n) is 2.16. The summed E-state index contributed by atoms with van der Waals surface area (Å²) in [4.78, 5) is 23.9. The quantitative estimate of drug-likeness (QED) is 0.791. The number of benzene rings is 1. The first kappa shape index (κ1) is 16.2. The van der Waals surface area contributed by atoms with Crippen molar-refractivity contribution in [2.75, 3.05) is 14.2 Å². The Bertz CT molecular complexity index is 468. The van der Waals surface area contributed by atoms with Gasteiger partial charge in [-0.2, -0.15) is 0 Å². The predicted molar refractivity (Wildman–Crippen MR) is 77.3 cm³/mol. The Morgan fingerprint density at radius 3 is 1.30 bits per heavy atom. The Hall–Kier alpha value is -1.84. The molecule has 20 heavy (non-hydrogen) atoms. The molecule has 4 heteroatoms. The van der Waals surface area contributed by atoms with E-state index in [9.17, 15) is 9.59 Å². The molecule has 1 aromatic carbocycles. The Balaban J connectivity index is 3.59. The minimum absolute atomic E-state index is 0.105. The van der Waals surface area contributed by atoms with Gasteiger partial charge in [-0.1, -0.05) is 27.7 Å². The molecule has 0 saturated heterocycles. The highest BCUT2D eigenvalue weighted by molar-refractivity contribution is 5.96. The lowest BCUT2D eigenvalue weighted by Gasteiger charge is -2.18. The molecule has 0 amide bonds. The van der Waals surface area contributed by atoms with Crippen molar-refractivity contribution >= 4 is 11.9 Å². The second-order valence-corrected chi connectivity index (χ2v) is 5.32. The normalized spacial score (nSPS) is 10.8. The van der Waals surface area contributed by atoms with Crippen molar-refractivity contribution in [3.8, 4) is 0 Å². The third-order valence-electron chi connectivity index (χ3n) is 3.28. The summed E-state index contributed by atoms with van der Waals surface area (Å²) in [5.41, 5.74) is 2.61. The molecule has 110 valence electrons. The van der Waals surface area contributed by atoms with Crippen LogP contribution >= 0.6 is 0 Å². The third-order valence-corrected chi connectivity index (χ3v) is 3.28. The molecule has 0 unspecified atom stereocenters. The molecule has 0 aliphatic heterocycles. The highest BCUT2D eigenvalue weighted by Crippen LogP contribution is 2.29. The van der Waals surface area contributed by atoms with Gasteiger partial charge in [-0.25, -0.2) is 9.59 Å². The number of ether oxygens (including phenoxy) is 2. The SMILES string of the molecule is COC(=O)c1cc(C(C)C)c(C(=O)OC)cc1C(C)C. The van der Waals surface area contributed by atoms with Crippen LogP contribution in [-0.4, -0.2) is 26.2 Å². The molecule has 1 rings (SSSR count). The van der Waals surface area contributed by atoms with E-state index in [0.29, 0.717) is 11.1 Å². The molecule has 0 bridgehead atoms. The van der Waals surface area contributed by atoms with Crippen LogP contribution in [0.4, 0.5) is 0 Å². The number of rotatable bonds is 4. The molecule has 0 N–H and O–H groups in total. The van der Waals surface area contributed by atoms with Crippen molar-refractivity contribution in [2.45, 2.75) is 39.5 Å². The van der Waals surface area contributed by atoms with Gasteiger partial charge in [0.1, 0.15) is 0 Å². The summed E-state index contributed by atoms with van der Waals surface area (Å²) >= 11 is 0. The van der Waals surface area contributed by atoms with Gasteiger partial charge in [0.25, 0.3) is 0 Å². The van der Waals surface area contributed by atoms with Crippen LogP contribution in [-0.2, 0) is 9.47 Å². The van der Waals surface area contributed by atoms with Gasteiger partial charge in [-0.15, -0.1) is 0 Å². The number of methoxy groups -OCH3 is 2. The Labute approximate surface area is 120 Å².